The molecule has 0 fully saturated rings. The fraction of sp³-hybridized carbons (Fsp3) is 0.263. The molecule has 1 aliphatic rings. The van der Waals surface area contributed by atoms with Gasteiger partial charge in [-0.2, -0.15) is 5.26 Å². The average Bonchev–Trinajstić information content (AvgIpc) is 2.89. The van der Waals surface area contributed by atoms with Crippen LogP contribution in [-0.4, -0.2) is 30.9 Å². The van der Waals surface area contributed by atoms with E-state index in [2.05, 4.69) is 0 Å². The summed E-state index contributed by atoms with van der Waals surface area (Å²) in [4.78, 5) is 11.1. The van der Waals surface area contributed by atoms with Crippen LogP contribution in [0.25, 0.3) is 0 Å². The van der Waals surface area contributed by atoms with Gasteiger partial charge < -0.3 is 14.9 Å². The highest BCUT2D eigenvalue weighted by Gasteiger charge is 2.38. The van der Waals surface area contributed by atoms with Crippen molar-refractivity contribution in [1.82, 2.24) is 0 Å². The van der Waals surface area contributed by atoms with E-state index >= 15 is 0 Å². The number of nitrogens with zero attached hydrogens (tertiary/aromatic N) is 1. The second-order valence-electron chi connectivity index (χ2n) is 6.60. The molecule has 0 saturated heterocycles. The molecule has 1 aliphatic carbocycles. The van der Waals surface area contributed by atoms with Crippen LogP contribution in [0.15, 0.2) is 35.2 Å². The number of rotatable bonds is 5. The molecule has 0 heterocycles. The van der Waals surface area contributed by atoms with Crippen molar-refractivity contribution in [2.24, 2.45) is 0 Å². The fourth-order valence-corrected chi connectivity index (χ4v) is 4.48. The summed E-state index contributed by atoms with van der Waals surface area (Å²) in [5, 5.41) is 28.6. The summed E-state index contributed by atoms with van der Waals surface area (Å²) in [6, 6.07) is 7.79. The Bertz CT molecular complexity index is 1110. The lowest BCUT2D eigenvalue weighted by molar-refractivity contribution is -0.137. The van der Waals surface area contributed by atoms with Crippen LogP contribution in [0.1, 0.15) is 41.6 Å². The first-order chi connectivity index (χ1) is 13.1. The van der Waals surface area contributed by atoms with Crippen LogP contribution in [0.4, 0.5) is 4.39 Å². The molecule has 0 bridgehead atoms. The molecule has 2 N–H and O–H groups in total. The number of aliphatic carboxylic acids is 1. The molecule has 0 unspecified atom stereocenters. The number of halogens is 1. The maximum Gasteiger partial charge on any atom is 0.303 e. The molecule has 3 rings (SSSR count). The molecule has 7 nitrogen and oxygen atoms in total. The second kappa shape index (κ2) is 7.22. The van der Waals surface area contributed by atoms with Gasteiger partial charge in [0.05, 0.1) is 29.1 Å². The molecule has 0 amide bonds. The first kappa shape index (κ1) is 19.8. The number of carbonyl (C=O) groups is 1. The van der Waals surface area contributed by atoms with Crippen LogP contribution in [0.2, 0.25) is 0 Å². The summed E-state index contributed by atoms with van der Waals surface area (Å²) in [6.45, 7) is 0. The fourth-order valence-electron chi connectivity index (χ4n) is 3.49. The minimum absolute atomic E-state index is 0.000241. The number of carboxylic acids is 1. The van der Waals surface area contributed by atoms with Gasteiger partial charge in [0, 0.05) is 17.9 Å². The Morgan fingerprint density at radius 3 is 2.64 bits per heavy atom. The zero-order valence-electron chi connectivity index (χ0n) is 14.7. The third-order valence-corrected chi connectivity index (χ3v) is 5.66. The number of ether oxygens (including phenoxy) is 1. The minimum Gasteiger partial charge on any atom is -0.481 e. The highest BCUT2D eigenvalue weighted by Crippen LogP contribution is 2.49. The Hall–Kier alpha value is -2.96. The third kappa shape index (κ3) is 3.83. The van der Waals surface area contributed by atoms with Crippen LogP contribution >= 0.6 is 0 Å². The van der Waals surface area contributed by atoms with E-state index in [9.17, 15) is 22.7 Å². The third-order valence-electron chi connectivity index (χ3n) is 4.51. The highest BCUT2D eigenvalue weighted by atomic mass is 32.2. The molecule has 2 aromatic carbocycles. The molecular weight excluding hydrogens is 389 g/mol. The molecule has 28 heavy (non-hydrogen) atoms. The van der Waals surface area contributed by atoms with Gasteiger partial charge in [0.2, 0.25) is 0 Å². The number of aliphatic hydroxyl groups is 1. The first-order valence-corrected chi connectivity index (χ1v) is 10.1. The van der Waals surface area contributed by atoms with Crippen molar-refractivity contribution < 1.29 is 32.6 Å². The Morgan fingerprint density at radius 1 is 1.32 bits per heavy atom. The number of hydrogen-bond donors (Lipinski definition) is 2. The number of sulfone groups is 1. The van der Waals surface area contributed by atoms with E-state index in [1.54, 1.807) is 6.07 Å². The lowest BCUT2D eigenvalue weighted by Crippen LogP contribution is -2.09. The number of aliphatic hydroxyl groups excluding tert-OH is 1. The van der Waals surface area contributed by atoms with Gasteiger partial charge in [-0.3, -0.25) is 4.79 Å². The minimum atomic E-state index is -3.69. The molecule has 2 aromatic rings. The van der Waals surface area contributed by atoms with Gasteiger partial charge in [0.1, 0.15) is 17.3 Å². The van der Waals surface area contributed by atoms with Gasteiger partial charge in [-0.25, -0.2) is 12.8 Å². The monoisotopic (exact) mass is 405 g/mol. The summed E-state index contributed by atoms with van der Waals surface area (Å²) in [6.07, 6.45) is -0.469. The average molecular weight is 405 g/mol. The van der Waals surface area contributed by atoms with Crippen LogP contribution < -0.4 is 4.74 Å². The van der Waals surface area contributed by atoms with Crippen molar-refractivity contribution >= 4 is 15.8 Å². The van der Waals surface area contributed by atoms with Crippen molar-refractivity contribution in [3.8, 4) is 17.6 Å². The van der Waals surface area contributed by atoms with E-state index in [-0.39, 0.29) is 45.9 Å². The van der Waals surface area contributed by atoms with Gasteiger partial charge in [-0.1, -0.05) is 0 Å². The first-order valence-electron chi connectivity index (χ1n) is 8.25. The van der Waals surface area contributed by atoms with E-state index in [0.717, 1.165) is 18.4 Å². The molecular formula is C19H16FNO6S. The molecule has 9 heteroatoms. The number of hydrogen-bond acceptors (Lipinski definition) is 6. The normalized spacial score (nSPS) is 18.4. The van der Waals surface area contributed by atoms with Gasteiger partial charge in [-0.15, -0.1) is 0 Å². The van der Waals surface area contributed by atoms with E-state index in [1.807, 2.05) is 0 Å². The van der Waals surface area contributed by atoms with Crippen molar-refractivity contribution in [3.63, 3.8) is 0 Å². The van der Waals surface area contributed by atoms with Gasteiger partial charge in [0.15, 0.2) is 9.84 Å². The summed E-state index contributed by atoms with van der Waals surface area (Å²) < 4.78 is 43.7. The SMILES string of the molecule is CS(=O)(=O)c1ccc(Oc2cc(F)cc(C#N)c2)c2c1[C@@H](CC(=O)O)C[C@@H]2O. The van der Waals surface area contributed by atoms with Crippen molar-refractivity contribution in [1.29, 1.82) is 5.26 Å². The Balaban J connectivity index is 2.15. The Morgan fingerprint density at radius 2 is 2.04 bits per heavy atom. The van der Waals surface area contributed by atoms with Gasteiger partial charge in [0.25, 0.3) is 0 Å². The quantitative estimate of drug-likeness (QED) is 0.783. The second-order valence-corrected chi connectivity index (χ2v) is 8.58. The zero-order chi connectivity index (χ0) is 20.6. The maximum absolute atomic E-state index is 13.7. The van der Waals surface area contributed by atoms with Crippen LogP contribution in [0.3, 0.4) is 0 Å². The number of carboxylic acid groups (broad SMARTS) is 1. The number of benzene rings is 2. The predicted molar refractivity (Wildman–Crippen MR) is 95.3 cm³/mol. The summed E-state index contributed by atoms with van der Waals surface area (Å²) >= 11 is 0. The Kier molecular flexibility index (Phi) is 5.10. The molecule has 0 saturated carbocycles. The van der Waals surface area contributed by atoms with E-state index in [4.69, 9.17) is 15.1 Å². The van der Waals surface area contributed by atoms with Gasteiger partial charge in [-0.05, 0) is 42.2 Å². The molecule has 0 spiro atoms. The predicted octanol–water partition coefficient (Wildman–Crippen LogP) is 2.89. The molecule has 0 aromatic heterocycles. The van der Waals surface area contributed by atoms with Crippen LogP contribution in [-0.2, 0) is 14.6 Å². The molecule has 146 valence electrons. The molecule has 0 radical (unpaired) electrons. The number of fused-ring (bicyclic) bond motifs is 1. The van der Waals surface area contributed by atoms with Crippen molar-refractivity contribution in [3.05, 3.63) is 52.8 Å². The lowest BCUT2D eigenvalue weighted by atomic mass is 9.97. The van der Waals surface area contributed by atoms with Gasteiger partial charge >= 0.3 is 5.97 Å². The van der Waals surface area contributed by atoms with E-state index in [0.29, 0.717) is 0 Å². The van der Waals surface area contributed by atoms with Crippen molar-refractivity contribution in [2.45, 2.75) is 29.8 Å². The van der Waals surface area contributed by atoms with Crippen LogP contribution in [0, 0.1) is 17.1 Å². The smallest absolute Gasteiger partial charge is 0.303 e. The van der Waals surface area contributed by atoms with E-state index < -0.39 is 33.6 Å². The summed E-state index contributed by atoms with van der Waals surface area (Å²) in [7, 11) is -3.69. The standard InChI is InChI=1S/C19H16FNO6S/c1-28(25,26)16-3-2-15(27-13-5-10(9-21)4-12(20)8-13)19-14(22)6-11(18(16)19)7-17(23)24/h2-5,8,11,14,22H,6-7H2,1H3,(H,23,24)/t11-,14+/m1/s1. The van der Waals surface area contributed by atoms with Crippen molar-refractivity contribution in [2.75, 3.05) is 6.26 Å². The molecule has 2 atom stereocenters. The lowest BCUT2D eigenvalue weighted by Gasteiger charge is -2.17. The molecule has 0 aliphatic heterocycles. The summed E-state index contributed by atoms with van der Waals surface area (Å²) in [5.74, 6) is -2.45. The van der Waals surface area contributed by atoms with Crippen LogP contribution in [0.5, 0.6) is 11.5 Å². The zero-order valence-corrected chi connectivity index (χ0v) is 15.5. The summed E-state index contributed by atoms with van der Waals surface area (Å²) in [5.41, 5.74) is 0.396. The largest absolute Gasteiger partial charge is 0.481 e. The maximum atomic E-state index is 13.7. The van der Waals surface area contributed by atoms with E-state index in [1.165, 1.54) is 18.2 Å². The topological polar surface area (TPSA) is 125 Å². The number of nitriles is 1. The Labute approximate surface area is 160 Å². The highest BCUT2D eigenvalue weighted by molar-refractivity contribution is 7.90.